The Morgan fingerprint density at radius 3 is 2.38 bits per heavy atom. The summed E-state index contributed by atoms with van der Waals surface area (Å²) in [6.07, 6.45) is 8.59. The minimum Gasteiger partial charge on any atom is -0.495 e. The molecule has 0 aromatic carbocycles. The van der Waals surface area contributed by atoms with E-state index in [1.165, 1.54) is 0 Å². The van der Waals surface area contributed by atoms with Crippen molar-refractivity contribution < 1.29 is 29.7 Å². The SMILES string of the molecule is Cc1c(/C=C2\NC(=O)[C@H](C)[C@H]2CCS)[nH]c(/C=c2/[nH]c(C[C@H]3NC(O)=C(/C=C\S)C3C)c(C)/c2=C\CC(=O)O)c1CCC(=O)O. The van der Waals surface area contributed by atoms with E-state index in [-0.39, 0.29) is 54.8 Å². The molecule has 1 fully saturated rings. The van der Waals surface area contributed by atoms with Crippen LogP contribution >= 0.6 is 25.3 Å². The lowest BCUT2D eigenvalue weighted by Gasteiger charge is -2.17. The van der Waals surface area contributed by atoms with Crippen LogP contribution in [-0.2, 0) is 27.2 Å². The fraction of sp³-hybridized carbons (Fsp3) is 0.424. The number of aromatic nitrogens is 2. The maximum Gasteiger partial charge on any atom is 0.307 e. The zero-order valence-corrected chi connectivity index (χ0v) is 27.7. The van der Waals surface area contributed by atoms with Crippen LogP contribution < -0.4 is 21.2 Å². The summed E-state index contributed by atoms with van der Waals surface area (Å²) in [4.78, 5) is 42.5. The Kier molecular flexibility index (Phi) is 11.0. The van der Waals surface area contributed by atoms with Gasteiger partial charge in [0.2, 0.25) is 5.91 Å². The topological polar surface area (TPSA) is 168 Å². The van der Waals surface area contributed by atoms with E-state index in [0.29, 0.717) is 23.2 Å². The van der Waals surface area contributed by atoms with Crippen molar-refractivity contribution in [2.45, 2.75) is 65.8 Å². The number of carboxylic acid groups (broad SMARTS) is 2. The van der Waals surface area contributed by atoms with Gasteiger partial charge in [-0.05, 0) is 78.0 Å². The third-order valence-electron chi connectivity index (χ3n) is 9.03. The molecular weight excluding hydrogens is 613 g/mol. The highest BCUT2D eigenvalue weighted by atomic mass is 32.1. The number of carbonyl (C=O) groups is 3. The molecule has 0 radical (unpaired) electrons. The van der Waals surface area contributed by atoms with Gasteiger partial charge in [-0.3, -0.25) is 14.4 Å². The molecule has 1 amide bonds. The van der Waals surface area contributed by atoms with Crippen molar-refractivity contribution in [3.8, 4) is 0 Å². The van der Waals surface area contributed by atoms with Crippen molar-refractivity contribution in [2.24, 2.45) is 17.8 Å². The van der Waals surface area contributed by atoms with Crippen molar-refractivity contribution in [3.05, 3.63) is 73.0 Å². The third-order valence-corrected chi connectivity index (χ3v) is 9.44. The summed E-state index contributed by atoms with van der Waals surface area (Å²) in [6, 6.07) is -0.103. The van der Waals surface area contributed by atoms with Gasteiger partial charge in [-0.1, -0.05) is 19.9 Å². The molecule has 10 nitrogen and oxygen atoms in total. The van der Waals surface area contributed by atoms with Crippen LogP contribution in [0, 0.1) is 31.6 Å². The molecule has 2 aromatic rings. The highest BCUT2D eigenvalue weighted by Crippen LogP contribution is 2.33. The van der Waals surface area contributed by atoms with E-state index < -0.39 is 11.9 Å². The molecule has 7 N–H and O–H groups in total. The predicted molar refractivity (Wildman–Crippen MR) is 181 cm³/mol. The molecule has 242 valence electrons. The van der Waals surface area contributed by atoms with Crippen molar-refractivity contribution in [2.75, 3.05) is 5.75 Å². The van der Waals surface area contributed by atoms with E-state index in [9.17, 15) is 29.7 Å². The molecule has 2 aliphatic rings. The van der Waals surface area contributed by atoms with Gasteiger partial charge in [0.25, 0.3) is 0 Å². The van der Waals surface area contributed by atoms with Crippen LogP contribution in [0.1, 0.15) is 66.9 Å². The smallest absolute Gasteiger partial charge is 0.307 e. The molecule has 2 aromatic heterocycles. The molecule has 4 rings (SSSR count). The molecule has 0 aliphatic carbocycles. The van der Waals surface area contributed by atoms with Gasteiger partial charge in [-0.2, -0.15) is 25.3 Å². The Morgan fingerprint density at radius 2 is 1.73 bits per heavy atom. The van der Waals surface area contributed by atoms with Crippen LogP contribution in [0.15, 0.2) is 28.6 Å². The number of carbonyl (C=O) groups excluding carboxylic acids is 1. The average molecular weight is 655 g/mol. The van der Waals surface area contributed by atoms with Crippen LogP contribution in [0.2, 0.25) is 0 Å². The number of aliphatic carboxylic acids is 2. The summed E-state index contributed by atoms with van der Waals surface area (Å²) in [7, 11) is 0. The van der Waals surface area contributed by atoms with Gasteiger partial charge in [0.05, 0.1) is 6.42 Å². The van der Waals surface area contributed by atoms with Crippen LogP contribution in [-0.4, -0.2) is 54.9 Å². The van der Waals surface area contributed by atoms with Crippen molar-refractivity contribution in [3.63, 3.8) is 0 Å². The van der Waals surface area contributed by atoms with E-state index >= 15 is 0 Å². The van der Waals surface area contributed by atoms with E-state index in [4.69, 9.17) is 0 Å². The van der Waals surface area contributed by atoms with Gasteiger partial charge in [-0.25, -0.2) is 0 Å². The zero-order valence-electron chi connectivity index (χ0n) is 25.9. The van der Waals surface area contributed by atoms with Gasteiger partial charge in [0, 0.05) is 70.3 Å². The highest BCUT2D eigenvalue weighted by Gasteiger charge is 2.35. The number of nitrogens with one attached hydrogen (secondary N) is 4. The lowest BCUT2D eigenvalue weighted by atomic mass is 9.91. The number of H-pyrrole nitrogens is 2. The first-order valence-corrected chi connectivity index (χ1v) is 16.2. The molecular formula is C33H42N4O6S2. The zero-order chi connectivity index (χ0) is 33.0. The average Bonchev–Trinajstić information content (AvgIpc) is 3.61. The Morgan fingerprint density at radius 1 is 1.00 bits per heavy atom. The Hall–Kier alpha value is -3.77. The van der Waals surface area contributed by atoms with Crippen molar-refractivity contribution in [1.82, 2.24) is 20.6 Å². The van der Waals surface area contributed by atoms with Gasteiger partial charge in [-0.15, -0.1) is 0 Å². The van der Waals surface area contributed by atoms with E-state index in [1.54, 1.807) is 17.6 Å². The number of hydrogen-bond acceptors (Lipinski definition) is 7. The number of thiol groups is 2. The van der Waals surface area contributed by atoms with Gasteiger partial charge >= 0.3 is 11.9 Å². The van der Waals surface area contributed by atoms with E-state index in [0.717, 1.165) is 51.0 Å². The summed E-state index contributed by atoms with van der Waals surface area (Å²) in [5, 5.41) is 38.6. The van der Waals surface area contributed by atoms with Crippen molar-refractivity contribution >= 4 is 61.3 Å². The largest absolute Gasteiger partial charge is 0.495 e. The number of hydrogen-bond donors (Lipinski definition) is 9. The summed E-state index contributed by atoms with van der Waals surface area (Å²) in [6.45, 7) is 7.79. The van der Waals surface area contributed by atoms with E-state index in [2.05, 4.69) is 45.9 Å². The molecule has 0 bridgehead atoms. The predicted octanol–water partition coefficient (Wildman–Crippen LogP) is 3.47. The quantitative estimate of drug-likeness (QED) is 0.158. The number of amides is 1. The lowest BCUT2D eigenvalue weighted by Crippen LogP contribution is -2.30. The maximum atomic E-state index is 12.5. The molecule has 1 saturated heterocycles. The molecule has 4 heterocycles. The number of allylic oxidation sites excluding steroid dienone is 2. The van der Waals surface area contributed by atoms with E-state index in [1.807, 2.05) is 39.8 Å². The molecule has 12 heteroatoms. The first-order chi connectivity index (χ1) is 21.4. The van der Waals surface area contributed by atoms with Crippen LogP contribution in [0.5, 0.6) is 0 Å². The molecule has 0 spiro atoms. The Labute approximate surface area is 273 Å². The minimum atomic E-state index is -0.957. The first kappa shape index (κ1) is 34.1. The van der Waals surface area contributed by atoms with Crippen LogP contribution in [0.4, 0.5) is 0 Å². The number of aliphatic hydroxyl groups is 1. The van der Waals surface area contributed by atoms with Crippen LogP contribution in [0.3, 0.4) is 0 Å². The normalized spacial score (nSPS) is 23.5. The summed E-state index contributed by atoms with van der Waals surface area (Å²) in [5.74, 6) is -1.33. The van der Waals surface area contributed by atoms with Crippen LogP contribution in [0.25, 0.3) is 18.2 Å². The second kappa shape index (κ2) is 14.6. The number of carboxylic acids is 2. The molecule has 2 aliphatic heterocycles. The standard InChI is InChI=1S/C33H42N4O6S2/c1-16-20(5-7-30(38)39)27(34-24(16)13-26-18(3)23(10-12-45)33(43)36-26)15-28-21(6-8-31(40)41)17(2)25(35-28)14-29-22(9-11-44)19(4)32(42)37-29/h5,10,12,14-15,18-19,22,26,34-36,43-45H,6-9,11,13H2,1-4H3,(H,37,42)(H,38,39)(H,40,41)/b12-10-,20-5+,27-15+,29-14-/t18?,19-,22-,26-/m1/s1. The maximum absolute atomic E-state index is 12.5. The lowest BCUT2D eigenvalue weighted by molar-refractivity contribution is -0.137. The van der Waals surface area contributed by atoms with Gasteiger partial charge in [0.15, 0.2) is 5.88 Å². The number of rotatable bonds is 12. The highest BCUT2D eigenvalue weighted by molar-refractivity contribution is 7.83. The summed E-state index contributed by atoms with van der Waals surface area (Å²) >= 11 is 8.53. The van der Waals surface area contributed by atoms with Gasteiger partial charge in [0.1, 0.15) is 0 Å². The molecule has 45 heavy (non-hydrogen) atoms. The Balaban J connectivity index is 1.83. The van der Waals surface area contributed by atoms with Crippen molar-refractivity contribution in [1.29, 1.82) is 0 Å². The summed E-state index contributed by atoms with van der Waals surface area (Å²) < 4.78 is 0. The minimum absolute atomic E-state index is 0.00251. The van der Waals surface area contributed by atoms with Gasteiger partial charge < -0.3 is 35.9 Å². The number of aromatic amines is 2. The monoisotopic (exact) mass is 654 g/mol. The fourth-order valence-corrected chi connectivity index (χ4v) is 6.76. The molecule has 0 saturated carbocycles. The summed E-state index contributed by atoms with van der Waals surface area (Å²) in [5.41, 5.74) is 6.53. The third kappa shape index (κ3) is 7.55. The fourth-order valence-electron chi connectivity index (χ4n) is 6.32. The number of aliphatic hydroxyl groups excluding tert-OH is 1. The Bertz CT molecular complexity index is 1700. The second-order valence-electron chi connectivity index (χ2n) is 11.8. The second-order valence-corrected chi connectivity index (χ2v) is 12.6. The first-order valence-electron chi connectivity index (χ1n) is 15.0. The molecule has 1 unspecified atom stereocenters. The molecule has 4 atom stereocenters.